The maximum Gasteiger partial charge on any atom is 0.289 e. The number of nitrogens with zero attached hydrogens (tertiary/aromatic N) is 4. The number of amides is 1. The summed E-state index contributed by atoms with van der Waals surface area (Å²) in [4.78, 5) is 27.6. The number of piperazine rings is 1. The Morgan fingerprint density at radius 1 is 0.857 bits per heavy atom. The van der Waals surface area contributed by atoms with Crippen LogP contribution in [0.25, 0.3) is 10.9 Å². The van der Waals surface area contributed by atoms with Crippen LogP contribution in [-0.4, -0.2) is 47.0 Å². The second kappa shape index (κ2) is 10.1. The van der Waals surface area contributed by atoms with Gasteiger partial charge in [0.15, 0.2) is 5.76 Å². The molecule has 1 aliphatic heterocycles. The fraction of sp³-hybridized carbons (Fsp3) is 0.457. The third-order valence-electron chi connectivity index (χ3n) is 10.5. The van der Waals surface area contributed by atoms with Crippen LogP contribution in [-0.2, 0) is 5.41 Å². The maximum atomic E-state index is 13.5. The normalized spacial score (nSPS) is 27.4. The van der Waals surface area contributed by atoms with E-state index in [2.05, 4.69) is 53.5 Å². The number of carbonyl (C=O) groups excluding carboxylic acids is 1. The van der Waals surface area contributed by atoms with Crippen molar-refractivity contribution in [3.63, 3.8) is 0 Å². The average Bonchev–Trinajstić information content (AvgIpc) is 3.52. The summed E-state index contributed by atoms with van der Waals surface area (Å²) in [6.07, 6.45) is 7.93. The number of fused-ring (bicyclic) bond motifs is 1. The van der Waals surface area contributed by atoms with E-state index in [4.69, 9.17) is 14.4 Å². The van der Waals surface area contributed by atoms with E-state index in [1.165, 1.54) is 44.1 Å². The predicted molar refractivity (Wildman–Crippen MR) is 165 cm³/mol. The Morgan fingerprint density at radius 2 is 1.52 bits per heavy atom. The molecule has 216 valence electrons. The first-order valence-electron chi connectivity index (χ1n) is 15.8. The van der Waals surface area contributed by atoms with Crippen molar-refractivity contribution in [2.45, 2.75) is 56.9 Å². The predicted octanol–water partition coefficient (Wildman–Crippen LogP) is 6.83. The molecule has 5 fully saturated rings. The third-order valence-corrected chi connectivity index (χ3v) is 10.5. The number of carbonyl (C=O) groups is 1. The highest BCUT2D eigenvalue weighted by atomic mass is 16.4. The SMILES string of the molecule is C[C@H](Nc1nc(N2CCN(C(=O)c3ccc(C45CC6CC(CC(C6)C4)C5)o3)CC2)nc2ccccc12)c1ccccc1. The van der Waals surface area contributed by atoms with Gasteiger partial charge in [0, 0.05) is 43.0 Å². The molecule has 0 spiro atoms. The molecule has 5 aliphatic rings. The molecular weight excluding hydrogens is 522 g/mol. The van der Waals surface area contributed by atoms with Gasteiger partial charge in [0.25, 0.3) is 5.91 Å². The molecule has 7 heteroatoms. The minimum atomic E-state index is 0.00380. The highest BCUT2D eigenvalue weighted by molar-refractivity contribution is 5.92. The molecule has 1 atom stereocenters. The molecule has 4 aromatic rings. The number of benzene rings is 2. The summed E-state index contributed by atoms with van der Waals surface area (Å²) >= 11 is 0. The first-order chi connectivity index (χ1) is 20.5. The van der Waals surface area contributed by atoms with Gasteiger partial charge in [-0.05, 0) is 93.0 Å². The molecule has 0 radical (unpaired) electrons. The summed E-state index contributed by atoms with van der Waals surface area (Å²) in [5.74, 6) is 5.65. The van der Waals surface area contributed by atoms with Gasteiger partial charge < -0.3 is 19.5 Å². The highest BCUT2D eigenvalue weighted by Gasteiger charge is 2.53. The maximum absolute atomic E-state index is 13.5. The van der Waals surface area contributed by atoms with Crippen molar-refractivity contribution in [1.29, 1.82) is 0 Å². The Bertz CT molecular complexity index is 1570. The minimum absolute atomic E-state index is 0.00380. The largest absolute Gasteiger partial charge is 0.455 e. The number of rotatable bonds is 6. The van der Waals surface area contributed by atoms with Gasteiger partial charge >= 0.3 is 0 Å². The van der Waals surface area contributed by atoms with Gasteiger partial charge in [-0.25, -0.2) is 4.98 Å². The quantitative estimate of drug-likeness (QED) is 0.278. The van der Waals surface area contributed by atoms with Crippen molar-refractivity contribution in [2.75, 3.05) is 36.4 Å². The number of furan rings is 1. The number of hydrogen-bond acceptors (Lipinski definition) is 6. The van der Waals surface area contributed by atoms with Crippen molar-refractivity contribution < 1.29 is 9.21 Å². The summed E-state index contributed by atoms with van der Waals surface area (Å²) < 4.78 is 6.39. The summed E-state index contributed by atoms with van der Waals surface area (Å²) in [6.45, 7) is 4.75. The Hall–Kier alpha value is -3.87. The van der Waals surface area contributed by atoms with Crippen LogP contribution in [0.1, 0.15) is 73.4 Å². The van der Waals surface area contributed by atoms with Gasteiger partial charge in [-0.3, -0.25) is 4.79 Å². The second-order valence-corrected chi connectivity index (χ2v) is 13.3. The number of hydrogen-bond donors (Lipinski definition) is 1. The van der Waals surface area contributed by atoms with E-state index in [1.54, 1.807) is 0 Å². The smallest absolute Gasteiger partial charge is 0.289 e. The first kappa shape index (κ1) is 25.8. The van der Waals surface area contributed by atoms with Crippen LogP contribution in [0.3, 0.4) is 0 Å². The number of aromatic nitrogens is 2. The monoisotopic (exact) mass is 561 g/mol. The topological polar surface area (TPSA) is 74.5 Å². The van der Waals surface area contributed by atoms with Gasteiger partial charge in [-0.15, -0.1) is 0 Å². The molecule has 4 saturated carbocycles. The zero-order chi connectivity index (χ0) is 28.3. The molecule has 2 aromatic heterocycles. The fourth-order valence-corrected chi connectivity index (χ4v) is 8.76. The number of nitrogens with one attached hydrogen (secondary N) is 1. The molecule has 7 nitrogen and oxygen atoms in total. The van der Waals surface area contributed by atoms with Gasteiger partial charge in [-0.2, -0.15) is 4.98 Å². The standard InChI is InChI=1S/C35H39N5O2/c1-23(27-7-3-2-4-8-27)36-32-28-9-5-6-10-29(28)37-34(38-32)40-15-13-39(14-16-40)33(41)30-11-12-31(42-30)35-20-24-17-25(21-35)19-26(18-24)22-35/h2-12,23-26H,13-22H2,1H3,(H,36,37,38)/t23-,24?,25?,26?,35?/m0/s1. The summed E-state index contributed by atoms with van der Waals surface area (Å²) in [7, 11) is 0. The van der Waals surface area contributed by atoms with E-state index in [0.29, 0.717) is 37.9 Å². The molecule has 0 unspecified atom stereocenters. The Kier molecular flexibility index (Phi) is 6.23. The van der Waals surface area contributed by atoms with Crippen molar-refractivity contribution in [3.8, 4) is 0 Å². The van der Waals surface area contributed by atoms with Crippen LogP contribution in [0, 0.1) is 17.8 Å². The van der Waals surface area contributed by atoms with Gasteiger partial charge in [0.05, 0.1) is 5.52 Å². The molecular formula is C35H39N5O2. The number of para-hydroxylation sites is 1. The van der Waals surface area contributed by atoms with Crippen molar-refractivity contribution >= 4 is 28.6 Å². The van der Waals surface area contributed by atoms with Crippen molar-refractivity contribution in [1.82, 2.24) is 14.9 Å². The summed E-state index contributed by atoms with van der Waals surface area (Å²) in [5.41, 5.74) is 2.29. The van der Waals surface area contributed by atoms with Crippen LogP contribution in [0.5, 0.6) is 0 Å². The lowest BCUT2D eigenvalue weighted by atomic mass is 9.49. The fourth-order valence-electron chi connectivity index (χ4n) is 8.76. The summed E-state index contributed by atoms with van der Waals surface area (Å²) in [5, 5.41) is 4.63. The van der Waals surface area contributed by atoms with Crippen molar-refractivity contribution in [2.24, 2.45) is 17.8 Å². The first-order valence-corrected chi connectivity index (χ1v) is 15.8. The lowest BCUT2D eigenvalue weighted by Gasteiger charge is -2.55. The molecule has 42 heavy (non-hydrogen) atoms. The van der Waals surface area contributed by atoms with E-state index < -0.39 is 0 Å². The minimum Gasteiger partial charge on any atom is -0.455 e. The van der Waals surface area contributed by atoms with E-state index in [0.717, 1.165) is 40.2 Å². The van der Waals surface area contributed by atoms with E-state index in [1.807, 2.05) is 35.2 Å². The highest BCUT2D eigenvalue weighted by Crippen LogP contribution is 2.60. The lowest BCUT2D eigenvalue weighted by molar-refractivity contribution is -0.0156. The zero-order valence-electron chi connectivity index (χ0n) is 24.3. The van der Waals surface area contributed by atoms with Crippen LogP contribution >= 0.6 is 0 Å². The van der Waals surface area contributed by atoms with Crippen LogP contribution in [0.4, 0.5) is 11.8 Å². The van der Waals surface area contributed by atoms with Crippen LogP contribution < -0.4 is 10.2 Å². The molecule has 1 N–H and O–H groups in total. The lowest BCUT2D eigenvalue weighted by Crippen LogP contribution is -2.49. The van der Waals surface area contributed by atoms with E-state index in [-0.39, 0.29) is 17.4 Å². The Labute approximate surface area is 247 Å². The molecule has 1 amide bonds. The van der Waals surface area contributed by atoms with Crippen molar-refractivity contribution in [3.05, 3.63) is 83.8 Å². The van der Waals surface area contributed by atoms with E-state index >= 15 is 0 Å². The molecule has 2 aromatic carbocycles. The molecule has 3 heterocycles. The molecule has 9 rings (SSSR count). The third kappa shape index (κ3) is 4.54. The number of anilines is 2. The molecule has 4 aliphatic carbocycles. The second-order valence-electron chi connectivity index (χ2n) is 13.3. The molecule has 4 bridgehead atoms. The van der Waals surface area contributed by atoms with Crippen LogP contribution in [0.2, 0.25) is 0 Å². The Balaban J connectivity index is 0.970. The Morgan fingerprint density at radius 3 is 2.24 bits per heavy atom. The van der Waals surface area contributed by atoms with Gasteiger partial charge in [-0.1, -0.05) is 42.5 Å². The van der Waals surface area contributed by atoms with Crippen LogP contribution in [0.15, 0.2) is 71.1 Å². The average molecular weight is 562 g/mol. The summed E-state index contributed by atoms with van der Waals surface area (Å²) in [6, 6.07) is 22.7. The van der Waals surface area contributed by atoms with E-state index in [9.17, 15) is 4.79 Å². The molecule has 1 saturated heterocycles. The van der Waals surface area contributed by atoms with Gasteiger partial charge in [0.1, 0.15) is 11.6 Å². The van der Waals surface area contributed by atoms with Gasteiger partial charge in [0.2, 0.25) is 5.95 Å². The zero-order valence-corrected chi connectivity index (χ0v) is 24.3.